The van der Waals surface area contributed by atoms with Gasteiger partial charge < -0.3 is 9.84 Å². The number of amides is 1. The molecule has 0 fully saturated rings. The van der Waals surface area contributed by atoms with Gasteiger partial charge in [-0.1, -0.05) is 24.3 Å². The maximum absolute atomic E-state index is 14.7. The number of rotatable bonds is 6. The van der Waals surface area contributed by atoms with Crippen molar-refractivity contribution in [2.24, 2.45) is 0 Å². The topological polar surface area (TPSA) is 118 Å². The number of halogens is 4. The number of esters is 1. The Morgan fingerprint density at radius 1 is 1.02 bits per heavy atom. The highest BCUT2D eigenvalue weighted by Crippen LogP contribution is 2.57. The lowest BCUT2D eigenvalue weighted by molar-refractivity contribution is -0.246. The van der Waals surface area contributed by atoms with E-state index in [1.54, 1.807) is 20.8 Å². The van der Waals surface area contributed by atoms with Gasteiger partial charge in [-0.3, -0.25) is 20.3 Å². The molecule has 1 unspecified atom stereocenters. The first-order valence-electron chi connectivity index (χ1n) is 12.7. The fourth-order valence-corrected chi connectivity index (χ4v) is 4.71. The van der Waals surface area contributed by atoms with Crippen LogP contribution >= 0.6 is 0 Å². The summed E-state index contributed by atoms with van der Waals surface area (Å²) in [6.07, 6.45) is -1.15. The van der Waals surface area contributed by atoms with Gasteiger partial charge >= 0.3 is 12.1 Å². The number of carbonyl (C=O) groups is 2. The zero-order chi connectivity index (χ0) is 30.4. The number of alkyl halides is 3. The summed E-state index contributed by atoms with van der Waals surface area (Å²) in [5, 5.41) is 15.0. The number of ether oxygens (including phenoxy) is 1. The van der Waals surface area contributed by atoms with Gasteiger partial charge in [-0.05, 0) is 61.7 Å². The second kappa shape index (κ2) is 10.2. The van der Waals surface area contributed by atoms with Gasteiger partial charge in [0.05, 0.1) is 11.8 Å². The molecule has 2 aromatic carbocycles. The summed E-state index contributed by atoms with van der Waals surface area (Å²) in [5.74, 6) is -1.83. The van der Waals surface area contributed by atoms with Crippen molar-refractivity contribution in [3.05, 3.63) is 89.6 Å². The van der Waals surface area contributed by atoms with Crippen LogP contribution < -0.4 is 10.9 Å². The molecule has 13 heteroatoms. The molecule has 2 heterocycles. The summed E-state index contributed by atoms with van der Waals surface area (Å²) in [7, 11) is 0. The third kappa shape index (κ3) is 5.30. The van der Waals surface area contributed by atoms with Gasteiger partial charge in [-0.2, -0.15) is 18.3 Å². The summed E-state index contributed by atoms with van der Waals surface area (Å²) >= 11 is 0. The van der Waals surface area contributed by atoms with Crippen molar-refractivity contribution in [3.63, 3.8) is 0 Å². The van der Waals surface area contributed by atoms with Gasteiger partial charge in [0.15, 0.2) is 0 Å². The second-order valence-corrected chi connectivity index (χ2v) is 10.7. The van der Waals surface area contributed by atoms with Gasteiger partial charge in [0.1, 0.15) is 23.8 Å². The highest BCUT2D eigenvalue weighted by molar-refractivity contribution is 5.92. The van der Waals surface area contributed by atoms with Gasteiger partial charge in [0.2, 0.25) is 5.60 Å². The summed E-state index contributed by atoms with van der Waals surface area (Å²) < 4.78 is 63.7. The molecule has 42 heavy (non-hydrogen) atoms. The molecule has 1 aliphatic rings. The first kappa shape index (κ1) is 28.7. The monoisotopic (exact) mass is 583 g/mol. The average Bonchev–Trinajstić information content (AvgIpc) is 3.47. The van der Waals surface area contributed by atoms with Gasteiger partial charge in [-0.15, -0.1) is 0 Å². The van der Waals surface area contributed by atoms with Crippen LogP contribution in [0.2, 0.25) is 0 Å². The van der Waals surface area contributed by atoms with Crippen molar-refractivity contribution in [2.75, 3.05) is 5.43 Å². The van der Waals surface area contributed by atoms with Crippen LogP contribution in [0.4, 0.5) is 23.4 Å². The van der Waals surface area contributed by atoms with E-state index in [-0.39, 0.29) is 40.2 Å². The Morgan fingerprint density at radius 3 is 2.43 bits per heavy atom. The Balaban J connectivity index is 1.32. The number of nitrogens with zero attached hydrogens (tertiary/aromatic N) is 3. The van der Waals surface area contributed by atoms with Crippen molar-refractivity contribution >= 4 is 17.7 Å². The molecule has 0 saturated carbocycles. The van der Waals surface area contributed by atoms with E-state index in [0.717, 1.165) is 12.1 Å². The maximum Gasteiger partial charge on any atom is 0.425 e. The van der Waals surface area contributed by atoms with E-state index in [1.807, 2.05) is 0 Å². The number of benzene rings is 2. The Bertz CT molecular complexity index is 1680. The summed E-state index contributed by atoms with van der Waals surface area (Å²) in [6.45, 7) is 4.92. The third-order valence-corrected chi connectivity index (χ3v) is 6.47. The van der Waals surface area contributed by atoms with Crippen molar-refractivity contribution in [2.45, 2.75) is 44.7 Å². The van der Waals surface area contributed by atoms with Crippen molar-refractivity contribution in [1.82, 2.24) is 20.2 Å². The molecular weight excluding hydrogens is 558 g/mol. The van der Waals surface area contributed by atoms with Crippen LogP contribution in [0, 0.1) is 5.82 Å². The van der Waals surface area contributed by atoms with E-state index in [4.69, 9.17) is 4.74 Å². The molecule has 1 atom stereocenters. The van der Waals surface area contributed by atoms with Crippen LogP contribution in [-0.2, 0) is 21.7 Å². The normalized spacial score (nSPS) is 16.0. The van der Waals surface area contributed by atoms with Gasteiger partial charge in [-0.25, -0.2) is 14.2 Å². The molecule has 0 bridgehead atoms. The van der Waals surface area contributed by atoms with Crippen LogP contribution in [0.1, 0.15) is 42.3 Å². The molecule has 0 saturated heterocycles. The quantitative estimate of drug-likeness (QED) is 0.167. The SMILES string of the molecule is CC(C)(C)OC(=O)c1ccc(NNC(=O)Cn2cc(-c3cc(F)cc4c3-c3ccccc3C4(O)C(F)(F)F)cn2)nc1. The summed E-state index contributed by atoms with van der Waals surface area (Å²) in [5.41, 5.74) is 0.647. The molecule has 3 N–H and O–H groups in total. The smallest absolute Gasteiger partial charge is 0.425 e. The van der Waals surface area contributed by atoms with E-state index in [0.29, 0.717) is 6.07 Å². The number of pyridine rings is 1. The highest BCUT2D eigenvalue weighted by Gasteiger charge is 2.61. The Kier molecular flexibility index (Phi) is 7.01. The number of carbonyl (C=O) groups excluding carboxylic acids is 2. The zero-order valence-corrected chi connectivity index (χ0v) is 22.6. The lowest BCUT2D eigenvalue weighted by atomic mass is 9.89. The Labute approximate surface area is 237 Å². The van der Waals surface area contributed by atoms with E-state index in [9.17, 15) is 32.3 Å². The minimum atomic E-state index is -5.11. The van der Waals surface area contributed by atoms with E-state index >= 15 is 0 Å². The number of hydrazine groups is 1. The average molecular weight is 584 g/mol. The first-order valence-corrected chi connectivity index (χ1v) is 12.7. The van der Waals surface area contributed by atoms with Crippen LogP contribution in [0.3, 0.4) is 0 Å². The van der Waals surface area contributed by atoms with E-state index in [2.05, 4.69) is 20.9 Å². The minimum absolute atomic E-state index is 0.0263. The Morgan fingerprint density at radius 2 is 1.76 bits per heavy atom. The molecule has 9 nitrogen and oxygen atoms in total. The zero-order valence-electron chi connectivity index (χ0n) is 22.6. The lowest BCUT2D eigenvalue weighted by Crippen LogP contribution is -2.41. The third-order valence-electron chi connectivity index (χ3n) is 6.47. The molecule has 1 aliphatic carbocycles. The van der Waals surface area contributed by atoms with Crippen LogP contribution in [0.5, 0.6) is 0 Å². The first-order chi connectivity index (χ1) is 19.7. The Hall–Kier alpha value is -4.78. The number of aromatic nitrogens is 3. The van der Waals surface area contributed by atoms with Crippen LogP contribution in [0.15, 0.2) is 67.1 Å². The number of anilines is 1. The lowest BCUT2D eigenvalue weighted by Gasteiger charge is -2.28. The number of aliphatic hydroxyl groups is 1. The molecule has 0 radical (unpaired) electrons. The number of fused-ring (bicyclic) bond motifs is 3. The molecule has 218 valence electrons. The van der Waals surface area contributed by atoms with Crippen molar-refractivity contribution < 1.29 is 37.0 Å². The number of nitrogens with one attached hydrogen (secondary N) is 2. The standard InChI is InChI=1S/C29H25F4N5O4/c1-27(2,3)42-26(40)16-8-9-23(34-12-16)36-37-24(39)15-38-14-17(13-35-38)20-10-18(30)11-22-25(20)19-6-4-5-7-21(19)28(22,41)29(31,32)33/h4-14,41H,15H2,1-3H3,(H,34,36)(H,37,39). The fraction of sp³-hybridized carbons (Fsp3) is 0.241. The maximum atomic E-state index is 14.7. The molecular formula is C29H25F4N5O4. The second-order valence-electron chi connectivity index (χ2n) is 10.7. The number of hydrogen-bond donors (Lipinski definition) is 3. The predicted octanol–water partition coefficient (Wildman–Crippen LogP) is 4.96. The van der Waals surface area contributed by atoms with Crippen LogP contribution in [0.25, 0.3) is 22.3 Å². The minimum Gasteiger partial charge on any atom is -0.456 e. The van der Waals surface area contributed by atoms with Crippen molar-refractivity contribution in [1.29, 1.82) is 0 Å². The summed E-state index contributed by atoms with van der Waals surface area (Å²) in [4.78, 5) is 28.7. The van der Waals surface area contributed by atoms with Crippen LogP contribution in [-0.4, -0.2) is 43.5 Å². The molecule has 0 spiro atoms. The van der Waals surface area contributed by atoms with Crippen molar-refractivity contribution in [3.8, 4) is 22.3 Å². The van der Waals surface area contributed by atoms with Gasteiger partial charge in [0.25, 0.3) is 5.91 Å². The predicted molar refractivity (Wildman–Crippen MR) is 143 cm³/mol. The van der Waals surface area contributed by atoms with Gasteiger partial charge in [0, 0.05) is 29.1 Å². The largest absolute Gasteiger partial charge is 0.456 e. The number of hydrogen-bond acceptors (Lipinski definition) is 7. The molecule has 2 aromatic heterocycles. The summed E-state index contributed by atoms with van der Waals surface area (Å²) in [6, 6.07) is 10.2. The van der Waals surface area contributed by atoms with E-state index < -0.39 is 46.2 Å². The molecule has 4 aromatic rings. The van der Waals surface area contributed by atoms with E-state index in [1.165, 1.54) is 53.6 Å². The molecule has 0 aliphatic heterocycles. The molecule has 1 amide bonds. The fourth-order valence-electron chi connectivity index (χ4n) is 4.71. The highest BCUT2D eigenvalue weighted by atomic mass is 19.4. The molecule has 5 rings (SSSR count).